The van der Waals surface area contributed by atoms with Gasteiger partial charge in [0.05, 0.1) is 0 Å². The number of nitrogens with zero attached hydrogens (tertiary/aromatic N) is 2. The first-order valence-corrected chi connectivity index (χ1v) is 6.32. The standard InChI is InChI=1S/C9H6Br2N2S/c10-7-3-1-2-6(4-7)5-8-12-9(11)14-13-8/h1-4H,5H2. The van der Waals surface area contributed by atoms with Crippen molar-refractivity contribution in [3.05, 3.63) is 44.0 Å². The van der Waals surface area contributed by atoms with Gasteiger partial charge in [0, 0.05) is 10.9 Å². The van der Waals surface area contributed by atoms with Gasteiger partial charge in [0.25, 0.3) is 0 Å². The third-order valence-corrected chi connectivity index (χ3v) is 3.34. The van der Waals surface area contributed by atoms with Crippen LogP contribution in [-0.4, -0.2) is 9.36 Å². The van der Waals surface area contributed by atoms with Crippen LogP contribution in [0.25, 0.3) is 0 Å². The van der Waals surface area contributed by atoms with Crippen molar-refractivity contribution in [1.82, 2.24) is 9.36 Å². The van der Waals surface area contributed by atoms with E-state index in [-0.39, 0.29) is 0 Å². The Hall–Kier alpha value is -0.260. The maximum Gasteiger partial charge on any atom is 0.179 e. The first-order chi connectivity index (χ1) is 6.74. The van der Waals surface area contributed by atoms with E-state index in [1.54, 1.807) is 0 Å². The molecule has 2 nitrogen and oxygen atoms in total. The fourth-order valence-electron chi connectivity index (χ4n) is 1.13. The summed E-state index contributed by atoms with van der Waals surface area (Å²) in [7, 11) is 0. The van der Waals surface area contributed by atoms with Gasteiger partial charge in [-0.25, -0.2) is 4.98 Å². The molecule has 0 aliphatic rings. The molecule has 0 aliphatic carbocycles. The summed E-state index contributed by atoms with van der Waals surface area (Å²) < 4.78 is 6.13. The van der Waals surface area contributed by atoms with E-state index in [0.717, 1.165) is 20.6 Å². The highest BCUT2D eigenvalue weighted by Gasteiger charge is 2.02. The maximum absolute atomic E-state index is 4.24. The highest BCUT2D eigenvalue weighted by atomic mass is 79.9. The first-order valence-electron chi connectivity index (χ1n) is 3.96. The number of hydrogen-bond acceptors (Lipinski definition) is 3. The van der Waals surface area contributed by atoms with Crippen molar-refractivity contribution in [2.45, 2.75) is 6.42 Å². The van der Waals surface area contributed by atoms with Gasteiger partial charge in [0.1, 0.15) is 5.82 Å². The zero-order chi connectivity index (χ0) is 9.97. The van der Waals surface area contributed by atoms with Crippen molar-refractivity contribution in [1.29, 1.82) is 0 Å². The Balaban J connectivity index is 2.18. The van der Waals surface area contributed by atoms with Crippen molar-refractivity contribution in [2.24, 2.45) is 0 Å². The Labute approximate surface area is 103 Å². The highest BCUT2D eigenvalue weighted by molar-refractivity contribution is 9.11. The molecule has 1 aromatic heterocycles. The van der Waals surface area contributed by atoms with E-state index in [2.05, 4.69) is 53.4 Å². The van der Waals surface area contributed by atoms with Gasteiger partial charge in [-0.05, 0) is 45.2 Å². The summed E-state index contributed by atoms with van der Waals surface area (Å²) in [5.74, 6) is 0.861. The fraction of sp³-hybridized carbons (Fsp3) is 0.111. The van der Waals surface area contributed by atoms with Gasteiger partial charge in [-0.3, -0.25) is 0 Å². The molecule has 2 aromatic rings. The number of aromatic nitrogens is 2. The van der Waals surface area contributed by atoms with E-state index < -0.39 is 0 Å². The third-order valence-electron chi connectivity index (χ3n) is 1.69. The van der Waals surface area contributed by atoms with Gasteiger partial charge in [-0.15, -0.1) is 0 Å². The van der Waals surface area contributed by atoms with E-state index in [1.807, 2.05) is 12.1 Å². The summed E-state index contributed by atoms with van der Waals surface area (Å²) in [6.07, 6.45) is 0.779. The minimum Gasteiger partial charge on any atom is -0.212 e. The molecule has 0 atom stereocenters. The lowest BCUT2D eigenvalue weighted by molar-refractivity contribution is 1.03. The summed E-state index contributed by atoms with van der Waals surface area (Å²) in [6, 6.07) is 8.17. The van der Waals surface area contributed by atoms with Crippen molar-refractivity contribution < 1.29 is 0 Å². The summed E-state index contributed by atoms with van der Waals surface area (Å²) in [6.45, 7) is 0. The average Bonchev–Trinajstić information content (AvgIpc) is 2.51. The zero-order valence-corrected chi connectivity index (χ0v) is 11.1. The second-order valence-electron chi connectivity index (χ2n) is 2.77. The van der Waals surface area contributed by atoms with Gasteiger partial charge in [0.15, 0.2) is 3.92 Å². The zero-order valence-electron chi connectivity index (χ0n) is 7.08. The number of benzene rings is 1. The molecule has 0 saturated carbocycles. The lowest BCUT2D eigenvalue weighted by atomic mass is 10.1. The maximum atomic E-state index is 4.24. The lowest BCUT2D eigenvalue weighted by Gasteiger charge is -1.97. The second kappa shape index (κ2) is 4.51. The molecular weight excluding hydrogens is 328 g/mol. The van der Waals surface area contributed by atoms with Crippen LogP contribution in [0.3, 0.4) is 0 Å². The minimum atomic E-state index is 0.779. The normalized spacial score (nSPS) is 10.4. The summed E-state index contributed by atoms with van der Waals surface area (Å²) in [5.41, 5.74) is 1.21. The molecule has 0 unspecified atom stereocenters. The molecule has 0 spiro atoms. The number of halogens is 2. The van der Waals surface area contributed by atoms with Crippen LogP contribution in [-0.2, 0) is 6.42 Å². The predicted octanol–water partition coefficient (Wildman–Crippen LogP) is 3.65. The van der Waals surface area contributed by atoms with Crippen LogP contribution in [0.4, 0.5) is 0 Å². The van der Waals surface area contributed by atoms with E-state index in [0.29, 0.717) is 0 Å². The molecule has 1 heterocycles. The van der Waals surface area contributed by atoms with E-state index in [4.69, 9.17) is 0 Å². The minimum absolute atomic E-state index is 0.779. The van der Waals surface area contributed by atoms with Gasteiger partial charge in [-0.1, -0.05) is 28.1 Å². The third kappa shape index (κ3) is 2.62. The van der Waals surface area contributed by atoms with Crippen LogP contribution in [0.5, 0.6) is 0 Å². The SMILES string of the molecule is Brc1cccc(Cc2nsc(Br)n2)c1. The topological polar surface area (TPSA) is 25.8 Å². The van der Waals surface area contributed by atoms with Gasteiger partial charge < -0.3 is 0 Å². The fourth-order valence-corrected chi connectivity index (χ4v) is 2.43. The molecule has 14 heavy (non-hydrogen) atoms. The Bertz CT molecular complexity index is 442. The molecule has 0 aliphatic heterocycles. The van der Waals surface area contributed by atoms with Gasteiger partial charge >= 0.3 is 0 Å². The molecule has 5 heteroatoms. The van der Waals surface area contributed by atoms with Crippen LogP contribution < -0.4 is 0 Å². The summed E-state index contributed by atoms with van der Waals surface area (Å²) >= 11 is 8.10. The van der Waals surface area contributed by atoms with Crippen LogP contribution in [0.15, 0.2) is 32.7 Å². The molecule has 0 N–H and O–H groups in total. The molecular formula is C9H6Br2N2S. The van der Waals surface area contributed by atoms with Crippen LogP contribution in [0.1, 0.15) is 11.4 Å². The van der Waals surface area contributed by atoms with Gasteiger partial charge in [0.2, 0.25) is 0 Å². The second-order valence-corrected chi connectivity index (χ2v) is 5.71. The summed E-state index contributed by atoms with van der Waals surface area (Å²) in [4.78, 5) is 4.24. The lowest BCUT2D eigenvalue weighted by Crippen LogP contribution is -1.89. The van der Waals surface area contributed by atoms with Crippen LogP contribution in [0, 0.1) is 0 Å². The molecule has 1 aromatic carbocycles. The molecule has 2 rings (SSSR count). The van der Waals surface area contributed by atoms with Crippen molar-refractivity contribution >= 4 is 43.4 Å². The van der Waals surface area contributed by atoms with Crippen molar-refractivity contribution in [3.63, 3.8) is 0 Å². The highest BCUT2D eigenvalue weighted by Crippen LogP contribution is 2.17. The molecule has 0 bridgehead atoms. The molecule has 0 radical (unpaired) electrons. The van der Waals surface area contributed by atoms with Crippen LogP contribution >= 0.6 is 43.4 Å². The largest absolute Gasteiger partial charge is 0.212 e. The summed E-state index contributed by atoms with van der Waals surface area (Å²) in [5, 5.41) is 0. The monoisotopic (exact) mass is 332 g/mol. The average molecular weight is 334 g/mol. The van der Waals surface area contributed by atoms with Crippen LogP contribution in [0.2, 0.25) is 0 Å². The molecule has 0 fully saturated rings. The first kappa shape index (κ1) is 10.3. The molecule has 72 valence electrons. The number of rotatable bonds is 2. The molecule has 0 amide bonds. The van der Waals surface area contributed by atoms with E-state index in [1.165, 1.54) is 17.1 Å². The van der Waals surface area contributed by atoms with Gasteiger partial charge in [-0.2, -0.15) is 4.37 Å². The Morgan fingerprint density at radius 3 is 2.79 bits per heavy atom. The van der Waals surface area contributed by atoms with E-state index in [9.17, 15) is 0 Å². The Morgan fingerprint density at radius 2 is 2.14 bits per heavy atom. The predicted molar refractivity (Wildman–Crippen MR) is 64.6 cm³/mol. The quantitative estimate of drug-likeness (QED) is 0.838. The van der Waals surface area contributed by atoms with E-state index >= 15 is 0 Å². The Kier molecular flexibility index (Phi) is 3.30. The smallest absolute Gasteiger partial charge is 0.179 e. The number of hydrogen-bond donors (Lipinski definition) is 0. The Morgan fingerprint density at radius 1 is 1.29 bits per heavy atom. The van der Waals surface area contributed by atoms with Crippen molar-refractivity contribution in [2.75, 3.05) is 0 Å². The van der Waals surface area contributed by atoms with Crippen molar-refractivity contribution in [3.8, 4) is 0 Å². The molecule has 0 saturated heterocycles.